The number of rotatable bonds is 3. The molecule has 0 spiro atoms. The number of ether oxygens (including phenoxy) is 1. The van der Waals surface area contributed by atoms with Crippen molar-refractivity contribution in [3.8, 4) is 0 Å². The first-order valence-corrected chi connectivity index (χ1v) is 7.17. The molecule has 0 aromatic heterocycles. The molecule has 1 aliphatic heterocycles. The average molecular weight is 269 g/mol. The fourth-order valence-electron chi connectivity index (χ4n) is 2.72. The standard InChI is InChI=1S/C17H19NO2/c19-17(18-10-12-20-13-11-18)9-8-15-6-3-5-14-4-1-2-7-16(14)15/h1-7H,8-13H2. The van der Waals surface area contributed by atoms with E-state index >= 15 is 0 Å². The molecule has 1 saturated heterocycles. The van der Waals surface area contributed by atoms with Gasteiger partial charge in [0.05, 0.1) is 13.2 Å². The van der Waals surface area contributed by atoms with Gasteiger partial charge in [0.2, 0.25) is 5.91 Å². The molecule has 1 amide bonds. The highest BCUT2D eigenvalue weighted by molar-refractivity contribution is 5.86. The molecule has 3 heteroatoms. The molecule has 0 bridgehead atoms. The molecule has 1 heterocycles. The van der Waals surface area contributed by atoms with Gasteiger partial charge in [-0.15, -0.1) is 0 Å². The molecular formula is C17H19NO2. The van der Waals surface area contributed by atoms with Crippen molar-refractivity contribution >= 4 is 16.7 Å². The zero-order chi connectivity index (χ0) is 13.8. The molecule has 104 valence electrons. The van der Waals surface area contributed by atoms with Crippen LogP contribution >= 0.6 is 0 Å². The molecule has 20 heavy (non-hydrogen) atoms. The van der Waals surface area contributed by atoms with Crippen molar-refractivity contribution < 1.29 is 9.53 Å². The van der Waals surface area contributed by atoms with Crippen molar-refractivity contribution in [3.63, 3.8) is 0 Å². The van der Waals surface area contributed by atoms with E-state index in [9.17, 15) is 4.79 Å². The molecule has 1 aliphatic rings. The van der Waals surface area contributed by atoms with Gasteiger partial charge < -0.3 is 9.64 Å². The summed E-state index contributed by atoms with van der Waals surface area (Å²) in [5.41, 5.74) is 1.25. The Morgan fingerprint density at radius 1 is 1.05 bits per heavy atom. The second kappa shape index (κ2) is 6.06. The lowest BCUT2D eigenvalue weighted by Gasteiger charge is -2.26. The Hall–Kier alpha value is -1.87. The highest BCUT2D eigenvalue weighted by atomic mass is 16.5. The quantitative estimate of drug-likeness (QED) is 0.857. The van der Waals surface area contributed by atoms with Gasteiger partial charge in [-0.3, -0.25) is 4.79 Å². The smallest absolute Gasteiger partial charge is 0.223 e. The third-order valence-corrected chi connectivity index (χ3v) is 3.85. The molecule has 0 atom stereocenters. The van der Waals surface area contributed by atoms with Crippen LogP contribution in [0, 0.1) is 0 Å². The number of nitrogens with zero attached hydrogens (tertiary/aromatic N) is 1. The second-order valence-corrected chi connectivity index (χ2v) is 5.13. The number of aryl methyl sites for hydroxylation is 1. The van der Waals surface area contributed by atoms with Crippen LogP contribution in [0.5, 0.6) is 0 Å². The highest BCUT2D eigenvalue weighted by Crippen LogP contribution is 2.20. The number of hydrogen-bond acceptors (Lipinski definition) is 2. The molecule has 0 aliphatic carbocycles. The van der Waals surface area contributed by atoms with Crippen molar-refractivity contribution in [3.05, 3.63) is 48.0 Å². The summed E-state index contributed by atoms with van der Waals surface area (Å²) in [6.45, 7) is 2.79. The van der Waals surface area contributed by atoms with Gasteiger partial charge in [0.1, 0.15) is 0 Å². The van der Waals surface area contributed by atoms with Crippen LogP contribution in [-0.2, 0) is 16.0 Å². The van der Waals surface area contributed by atoms with Crippen LogP contribution in [0.3, 0.4) is 0 Å². The summed E-state index contributed by atoms with van der Waals surface area (Å²) >= 11 is 0. The minimum absolute atomic E-state index is 0.237. The molecule has 0 radical (unpaired) electrons. The van der Waals surface area contributed by atoms with Crippen LogP contribution in [0.1, 0.15) is 12.0 Å². The van der Waals surface area contributed by atoms with E-state index in [-0.39, 0.29) is 5.91 Å². The predicted octanol–water partition coefficient (Wildman–Crippen LogP) is 2.63. The predicted molar refractivity (Wildman–Crippen MR) is 79.7 cm³/mol. The van der Waals surface area contributed by atoms with Crippen LogP contribution in [0.2, 0.25) is 0 Å². The summed E-state index contributed by atoms with van der Waals surface area (Å²) in [5, 5.41) is 2.49. The zero-order valence-electron chi connectivity index (χ0n) is 11.5. The molecule has 2 aromatic rings. The van der Waals surface area contributed by atoms with Gasteiger partial charge in [-0.05, 0) is 22.8 Å². The summed E-state index contributed by atoms with van der Waals surface area (Å²) in [6.07, 6.45) is 1.38. The maximum absolute atomic E-state index is 12.2. The number of amides is 1. The van der Waals surface area contributed by atoms with Crippen LogP contribution in [0.15, 0.2) is 42.5 Å². The third-order valence-electron chi connectivity index (χ3n) is 3.85. The average Bonchev–Trinajstić information content (AvgIpc) is 2.53. The van der Waals surface area contributed by atoms with E-state index in [4.69, 9.17) is 4.74 Å². The van der Waals surface area contributed by atoms with Gasteiger partial charge in [-0.2, -0.15) is 0 Å². The SMILES string of the molecule is O=C(CCc1cccc2ccccc12)N1CCOCC1. The highest BCUT2D eigenvalue weighted by Gasteiger charge is 2.16. The van der Waals surface area contributed by atoms with E-state index in [1.165, 1.54) is 16.3 Å². The first kappa shape index (κ1) is 13.1. The van der Waals surface area contributed by atoms with Crippen molar-refractivity contribution in [2.24, 2.45) is 0 Å². The van der Waals surface area contributed by atoms with Gasteiger partial charge in [0.25, 0.3) is 0 Å². The molecule has 0 N–H and O–H groups in total. The Kier molecular flexibility index (Phi) is 3.97. The fourth-order valence-corrected chi connectivity index (χ4v) is 2.72. The van der Waals surface area contributed by atoms with Gasteiger partial charge in [0.15, 0.2) is 0 Å². The van der Waals surface area contributed by atoms with E-state index in [0.29, 0.717) is 19.6 Å². The summed E-state index contributed by atoms with van der Waals surface area (Å²) in [7, 11) is 0. The minimum Gasteiger partial charge on any atom is -0.378 e. The Bertz CT molecular complexity index is 597. The lowest BCUT2D eigenvalue weighted by Crippen LogP contribution is -2.40. The van der Waals surface area contributed by atoms with E-state index in [1.807, 2.05) is 11.0 Å². The van der Waals surface area contributed by atoms with E-state index in [1.54, 1.807) is 0 Å². The second-order valence-electron chi connectivity index (χ2n) is 5.13. The van der Waals surface area contributed by atoms with E-state index in [2.05, 4.69) is 36.4 Å². The number of hydrogen-bond donors (Lipinski definition) is 0. The Morgan fingerprint density at radius 3 is 2.65 bits per heavy atom. The molecule has 2 aromatic carbocycles. The lowest BCUT2D eigenvalue weighted by molar-refractivity contribution is -0.135. The monoisotopic (exact) mass is 269 g/mol. The Morgan fingerprint density at radius 2 is 1.80 bits per heavy atom. The van der Waals surface area contributed by atoms with Crippen molar-refractivity contribution in [2.75, 3.05) is 26.3 Å². The van der Waals surface area contributed by atoms with Crippen LogP contribution in [-0.4, -0.2) is 37.1 Å². The number of morpholine rings is 1. The molecule has 3 rings (SSSR count). The molecule has 1 fully saturated rings. The maximum atomic E-state index is 12.2. The number of carbonyl (C=O) groups is 1. The normalized spacial score (nSPS) is 15.5. The van der Waals surface area contributed by atoms with Crippen molar-refractivity contribution in [1.29, 1.82) is 0 Å². The molecule has 3 nitrogen and oxygen atoms in total. The zero-order valence-corrected chi connectivity index (χ0v) is 11.5. The third kappa shape index (κ3) is 2.83. The van der Waals surface area contributed by atoms with Gasteiger partial charge in [0, 0.05) is 19.5 Å². The van der Waals surface area contributed by atoms with E-state index < -0.39 is 0 Å². The van der Waals surface area contributed by atoms with E-state index in [0.717, 1.165) is 19.5 Å². The molecule has 0 unspecified atom stereocenters. The van der Waals surface area contributed by atoms with Gasteiger partial charge >= 0.3 is 0 Å². The number of carbonyl (C=O) groups excluding carboxylic acids is 1. The first-order chi connectivity index (χ1) is 9.84. The van der Waals surface area contributed by atoms with Crippen LogP contribution < -0.4 is 0 Å². The van der Waals surface area contributed by atoms with Crippen molar-refractivity contribution in [2.45, 2.75) is 12.8 Å². The molecular weight excluding hydrogens is 250 g/mol. The lowest BCUT2D eigenvalue weighted by atomic mass is 10.0. The summed E-state index contributed by atoms with van der Waals surface area (Å²) in [6, 6.07) is 14.6. The summed E-state index contributed by atoms with van der Waals surface area (Å²) in [5.74, 6) is 0.237. The summed E-state index contributed by atoms with van der Waals surface area (Å²) < 4.78 is 5.28. The number of fused-ring (bicyclic) bond motifs is 1. The Balaban J connectivity index is 1.69. The first-order valence-electron chi connectivity index (χ1n) is 7.17. The maximum Gasteiger partial charge on any atom is 0.223 e. The van der Waals surface area contributed by atoms with Gasteiger partial charge in [-0.25, -0.2) is 0 Å². The van der Waals surface area contributed by atoms with Crippen molar-refractivity contribution in [1.82, 2.24) is 4.90 Å². The molecule has 0 saturated carbocycles. The Labute approximate surface area is 119 Å². The van der Waals surface area contributed by atoms with Crippen LogP contribution in [0.25, 0.3) is 10.8 Å². The van der Waals surface area contributed by atoms with Gasteiger partial charge in [-0.1, -0.05) is 42.5 Å². The summed E-state index contributed by atoms with van der Waals surface area (Å²) in [4.78, 5) is 14.1. The minimum atomic E-state index is 0.237. The largest absolute Gasteiger partial charge is 0.378 e. The topological polar surface area (TPSA) is 29.5 Å². The fraction of sp³-hybridized carbons (Fsp3) is 0.353. The van der Waals surface area contributed by atoms with Crippen LogP contribution in [0.4, 0.5) is 0 Å². The number of benzene rings is 2.